The van der Waals surface area contributed by atoms with Crippen LogP contribution < -0.4 is 10.2 Å². The summed E-state index contributed by atoms with van der Waals surface area (Å²) in [5.41, 5.74) is 0.566. The van der Waals surface area contributed by atoms with Gasteiger partial charge in [-0.1, -0.05) is 44.9 Å². The molecule has 1 saturated heterocycles. The van der Waals surface area contributed by atoms with Crippen molar-refractivity contribution in [1.29, 1.82) is 0 Å². The lowest BCUT2D eigenvalue weighted by atomic mass is 9.94. The third-order valence-electron chi connectivity index (χ3n) is 4.48. The lowest BCUT2D eigenvalue weighted by molar-refractivity contribution is 0.304. The highest BCUT2D eigenvalue weighted by Crippen LogP contribution is 2.33. The fourth-order valence-electron chi connectivity index (χ4n) is 2.89. The number of para-hydroxylation sites is 1. The van der Waals surface area contributed by atoms with Crippen molar-refractivity contribution in [2.45, 2.75) is 45.7 Å². The molecule has 0 bridgehead atoms. The van der Waals surface area contributed by atoms with Gasteiger partial charge in [0.15, 0.2) is 0 Å². The maximum Gasteiger partial charge on any atom is 0.148 e. The molecule has 2 rings (SSSR count). The fourth-order valence-corrected chi connectivity index (χ4v) is 3.16. The molecule has 1 aliphatic rings. The number of anilines is 1. The molecule has 4 heteroatoms. The summed E-state index contributed by atoms with van der Waals surface area (Å²) in [6.45, 7) is 8.27. The molecule has 1 heterocycles. The molecule has 1 aliphatic heterocycles. The van der Waals surface area contributed by atoms with Crippen molar-refractivity contribution >= 4 is 17.3 Å². The van der Waals surface area contributed by atoms with Gasteiger partial charge < -0.3 is 10.2 Å². The number of halogens is 2. The summed E-state index contributed by atoms with van der Waals surface area (Å²) in [4.78, 5) is 2.16. The molecule has 3 unspecified atom stereocenters. The summed E-state index contributed by atoms with van der Waals surface area (Å²) in [7, 11) is 0. The molecule has 0 aliphatic carbocycles. The van der Waals surface area contributed by atoms with E-state index in [0.29, 0.717) is 28.7 Å². The van der Waals surface area contributed by atoms with Gasteiger partial charge >= 0.3 is 0 Å². The van der Waals surface area contributed by atoms with Crippen molar-refractivity contribution in [3.8, 4) is 0 Å². The Morgan fingerprint density at radius 1 is 1.45 bits per heavy atom. The number of nitrogens with one attached hydrogen (secondary N) is 1. The molecule has 0 spiro atoms. The summed E-state index contributed by atoms with van der Waals surface area (Å²) >= 11 is 6.24. The van der Waals surface area contributed by atoms with Gasteiger partial charge in [0.2, 0.25) is 0 Å². The van der Waals surface area contributed by atoms with Crippen LogP contribution in [0.3, 0.4) is 0 Å². The van der Waals surface area contributed by atoms with Crippen LogP contribution in [0.1, 0.15) is 33.6 Å². The van der Waals surface area contributed by atoms with Crippen LogP contribution in [0.5, 0.6) is 0 Å². The Kier molecular flexibility index (Phi) is 5.28. The Labute approximate surface area is 126 Å². The average molecular weight is 299 g/mol. The zero-order valence-corrected chi connectivity index (χ0v) is 13.3. The standard InChI is InChI=1S/C16H24ClFN2/c1-4-11(3)15-10-20(12(5-2)9-19-15)16-13(17)7-6-8-14(16)18/h6-8,11-12,15,19H,4-5,9-10H2,1-3H3. The minimum Gasteiger partial charge on any atom is -0.362 e. The molecule has 1 aromatic rings. The van der Waals surface area contributed by atoms with E-state index in [-0.39, 0.29) is 5.82 Å². The van der Waals surface area contributed by atoms with E-state index in [1.807, 2.05) is 0 Å². The molecular weight excluding hydrogens is 275 g/mol. The molecule has 0 radical (unpaired) electrons. The Morgan fingerprint density at radius 3 is 2.80 bits per heavy atom. The topological polar surface area (TPSA) is 15.3 Å². The van der Waals surface area contributed by atoms with Gasteiger partial charge in [0.1, 0.15) is 5.82 Å². The largest absolute Gasteiger partial charge is 0.362 e. The smallest absolute Gasteiger partial charge is 0.148 e. The second kappa shape index (κ2) is 6.77. The van der Waals surface area contributed by atoms with E-state index in [1.165, 1.54) is 6.07 Å². The zero-order valence-electron chi connectivity index (χ0n) is 12.5. The number of hydrogen-bond donors (Lipinski definition) is 1. The number of hydrogen-bond acceptors (Lipinski definition) is 2. The molecule has 1 aromatic carbocycles. The van der Waals surface area contributed by atoms with Crippen molar-refractivity contribution in [3.05, 3.63) is 29.0 Å². The molecule has 0 amide bonds. The van der Waals surface area contributed by atoms with Crippen LogP contribution in [0.2, 0.25) is 5.02 Å². The van der Waals surface area contributed by atoms with Crippen molar-refractivity contribution in [2.24, 2.45) is 5.92 Å². The molecule has 1 N–H and O–H groups in total. The van der Waals surface area contributed by atoms with Gasteiger partial charge in [-0.15, -0.1) is 0 Å². The van der Waals surface area contributed by atoms with Crippen molar-refractivity contribution in [2.75, 3.05) is 18.0 Å². The number of benzene rings is 1. The van der Waals surface area contributed by atoms with Crippen molar-refractivity contribution in [1.82, 2.24) is 5.32 Å². The first-order valence-electron chi connectivity index (χ1n) is 7.52. The minimum atomic E-state index is -0.222. The Morgan fingerprint density at radius 2 is 2.20 bits per heavy atom. The van der Waals surface area contributed by atoms with E-state index in [2.05, 4.69) is 31.0 Å². The van der Waals surface area contributed by atoms with Crippen LogP contribution in [0.4, 0.5) is 10.1 Å². The first-order valence-corrected chi connectivity index (χ1v) is 7.90. The average Bonchev–Trinajstić information content (AvgIpc) is 2.46. The van der Waals surface area contributed by atoms with Gasteiger partial charge in [-0.3, -0.25) is 0 Å². The lowest BCUT2D eigenvalue weighted by Gasteiger charge is -2.43. The summed E-state index contributed by atoms with van der Waals surface area (Å²) in [6, 6.07) is 5.61. The van der Waals surface area contributed by atoms with Gasteiger partial charge in [0.05, 0.1) is 10.7 Å². The molecule has 0 aromatic heterocycles. The Bertz CT molecular complexity index is 432. The van der Waals surface area contributed by atoms with Crippen LogP contribution in [0.25, 0.3) is 0 Å². The first kappa shape index (κ1) is 15.6. The third kappa shape index (κ3) is 3.09. The second-order valence-corrected chi connectivity index (χ2v) is 6.09. The minimum absolute atomic E-state index is 0.222. The van der Waals surface area contributed by atoms with Gasteiger partial charge in [-0.25, -0.2) is 4.39 Å². The highest BCUT2D eigenvalue weighted by molar-refractivity contribution is 6.33. The van der Waals surface area contributed by atoms with Gasteiger partial charge in [0.25, 0.3) is 0 Å². The molecular formula is C16H24ClFN2. The predicted molar refractivity (Wildman–Crippen MR) is 84.1 cm³/mol. The SMILES string of the molecule is CCC(C)C1CN(c2c(F)cccc2Cl)C(CC)CN1. The third-order valence-corrected chi connectivity index (χ3v) is 4.78. The molecule has 1 fully saturated rings. The lowest BCUT2D eigenvalue weighted by Crippen LogP contribution is -2.58. The molecule has 2 nitrogen and oxygen atoms in total. The van der Waals surface area contributed by atoms with Crippen LogP contribution in [0.15, 0.2) is 18.2 Å². The van der Waals surface area contributed by atoms with E-state index < -0.39 is 0 Å². The van der Waals surface area contributed by atoms with Crippen molar-refractivity contribution in [3.63, 3.8) is 0 Å². The Balaban J connectivity index is 2.29. The normalized spacial score (nSPS) is 24.8. The van der Waals surface area contributed by atoms with E-state index in [1.54, 1.807) is 12.1 Å². The van der Waals surface area contributed by atoms with Crippen molar-refractivity contribution < 1.29 is 4.39 Å². The Hall–Kier alpha value is -0.800. The van der Waals surface area contributed by atoms with Crippen LogP contribution in [-0.4, -0.2) is 25.2 Å². The van der Waals surface area contributed by atoms with Gasteiger partial charge in [-0.05, 0) is 24.5 Å². The first-order chi connectivity index (χ1) is 9.58. The zero-order chi connectivity index (χ0) is 14.7. The molecule has 20 heavy (non-hydrogen) atoms. The second-order valence-electron chi connectivity index (χ2n) is 5.68. The quantitative estimate of drug-likeness (QED) is 0.901. The molecule has 0 saturated carbocycles. The predicted octanol–water partition coefficient (Wildman–Crippen LogP) is 4.08. The molecule has 3 atom stereocenters. The number of piperazine rings is 1. The molecule has 112 valence electrons. The van der Waals surface area contributed by atoms with Crippen LogP contribution in [0, 0.1) is 11.7 Å². The van der Waals surface area contributed by atoms with E-state index in [4.69, 9.17) is 11.6 Å². The maximum absolute atomic E-state index is 14.2. The highest BCUT2D eigenvalue weighted by Gasteiger charge is 2.31. The summed E-state index contributed by atoms with van der Waals surface area (Å²) in [5.74, 6) is 0.349. The van der Waals surface area contributed by atoms with E-state index in [0.717, 1.165) is 25.9 Å². The van der Waals surface area contributed by atoms with Crippen LogP contribution >= 0.6 is 11.6 Å². The highest BCUT2D eigenvalue weighted by atomic mass is 35.5. The fraction of sp³-hybridized carbons (Fsp3) is 0.625. The summed E-state index contributed by atoms with van der Waals surface area (Å²) in [6.07, 6.45) is 2.10. The van der Waals surface area contributed by atoms with E-state index >= 15 is 0 Å². The van der Waals surface area contributed by atoms with E-state index in [9.17, 15) is 4.39 Å². The summed E-state index contributed by atoms with van der Waals surface area (Å²) in [5, 5.41) is 4.11. The monoisotopic (exact) mass is 298 g/mol. The number of rotatable bonds is 4. The number of nitrogens with zero attached hydrogens (tertiary/aromatic N) is 1. The van der Waals surface area contributed by atoms with Gasteiger partial charge in [-0.2, -0.15) is 0 Å². The van der Waals surface area contributed by atoms with Crippen LogP contribution in [-0.2, 0) is 0 Å². The van der Waals surface area contributed by atoms with Gasteiger partial charge in [0, 0.05) is 25.2 Å². The summed E-state index contributed by atoms with van der Waals surface area (Å²) < 4.78 is 14.2. The maximum atomic E-state index is 14.2.